The molecule has 0 aliphatic heterocycles. The Balaban J connectivity index is 2.05. The number of carbonyl (C=O) groups is 2. The van der Waals surface area contributed by atoms with Crippen LogP contribution in [-0.2, 0) is 16.0 Å². The summed E-state index contributed by atoms with van der Waals surface area (Å²) in [4.78, 5) is 26.1. The van der Waals surface area contributed by atoms with Gasteiger partial charge in [0.1, 0.15) is 23.1 Å². The number of ether oxygens (including phenoxy) is 1. The smallest absolute Gasteiger partial charge is 0.139 e. The predicted molar refractivity (Wildman–Crippen MR) is 132 cm³/mol. The van der Waals surface area contributed by atoms with Gasteiger partial charge in [0.25, 0.3) is 0 Å². The topological polar surface area (TPSA) is 83.8 Å². The van der Waals surface area contributed by atoms with E-state index in [0.717, 1.165) is 36.0 Å². The van der Waals surface area contributed by atoms with Gasteiger partial charge in [-0.05, 0) is 76.5 Å². The Morgan fingerprint density at radius 2 is 1.88 bits per heavy atom. The number of methoxy groups -OCH3 is 1. The number of rotatable bonds is 11. The number of hydrogen-bond donors (Lipinski definition) is 2. The van der Waals surface area contributed by atoms with Crippen LogP contribution in [0.4, 0.5) is 0 Å². The van der Waals surface area contributed by atoms with E-state index in [0.29, 0.717) is 37.9 Å². The summed E-state index contributed by atoms with van der Waals surface area (Å²) in [6.07, 6.45) is 6.60. The quantitative estimate of drug-likeness (QED) is 0.406. The van der Waals surface area contributed by atoms with E-state index in [4.69, 9.17) is 4.74 Å². The van der Waals surface area contributed by atoms with Crippen molar-refractivity contribution in [1.29, 1.82) is 0 Å². The lowest BCUT2D eigenvalue weighted by Gasteiger charge is -2.40. The highest BCUT2D eigenvalue weighted by molar-refractivity contribution is 5.88. The van der Waals surface area contributed by atoms with Crippen LogP contribution in [0.3, 0.4) is 0 Å². The normalized spacial score (nSPS) is 23.6. The Labute approximate surface area is 199 Å². The number of benzene rings is 1. The number of carbonyl (C=O) groups excluding carboxylic acids is 2. The molecule has 0 amide bonds. The minimum absolute atomic E-state index is 0.140. The average Bonchev–Trinajstić information content (AvgIpc) is 3.01. The number of aliphatic hydroxyl groups is 1. The molecule has 2 N–H and O–H groups in total. The van der Waals surface area contributed by atoms with E-state index in [1.165, 1.54) is 0 Å². The summed E-state index contributed by atoms with van der Waals surface area (Å²) < 4.78 is 5.29. The van der Waals surface area contributed by atoms with Crippen LogP contribution in [0.25, 0.3) is 0 Å². The van der Waals surface area contributed by atoms with Crippen molar-refractivity contribution < 1.29 is 24.5 Å². The molecule has 0 spiro atoms. The molecule has 1 aliphatic rings. The van der Waals surface area contributed by atoms with E-state index >= 15 is 0 Å². The molecule has 0 heterocycles. The largest absolute Gasteiger partial charge is 0.507 e. The zero-order chi connectivity index (χ0) is 25.0. The van der Waals surface area contributed by atoms with Gasteiger partial charge in [0, 0.05) is 30.2 Å². The number of ketones is 2. The first kappa shape index (κ1) is 27.1. The van der Waals surface area contributed by atoms with Crippen LogP contribution in [0.1, 0.15) is 90.7 Å². The summed E-state index contributed by atoms with van der Waals surface area (Å²) in [6, 6.07) is 3.61. The van der Waals surface area contributed by atoms with Crippen LogP contribution in [0.5, 0.6) is 11.5 Å². The first-order chi connectivity index (χ1) is 15.2. The summed E-state index contributed by atoms with van der Waals surface area (Å²) in [5.41, 5.74) is 0.727. The van der Waals surface area contributed by atoms with Crippen molar-refractivity contribution in [2.45, 2.75) is 98.5 Å². The monoisotopic (exact) mass is 458 g/mol. The molecule has 1 aromatic carbocycles. The number of aromatic hydroxyl groups is 1. The second kappa shape index (κ2) is 10.4. The number of phenols is 1. The maximum Gasteiger partial charge on any atom is 0.139 e. The molecule has 1 aliphatic carbocycles. The third-order valence-corrected chi connectivity index (χ3v) is 7.64. The number of phenolic OH excluding ortho intramolecular Hbond substituents is 1. The Bertz CT molecular complexity index is 908. The number of aryl methyl sites for hydroxylation is 1. The van der Waals surface area contributed by atoms with Crippen molar-refractivity contribution in [2.75, 3.05) is 7.11 Å². The van der Waals surface area contributed by atoms with E-state index in [1.54, 1.807) is 27.0 Å². The average molecular weight is 459 g/mol. The van der Waals surface area contributed by atoms with Gasteiger partial charge in [-0.1, -0.05) is 31.9 Å². The molecule has 1 aromatic rings. The van der Waals surface area contributed by atoms with Crippen molar-refractivity contribution in [2.24, 2.45) is 10.8 Å². The fourth-order valence-electron chi connectivity index (χ4n) is 5.12. The molecule has 0 bridgehead atoms. The zero-order valence-electron chi connectivity index (χ0n) is 21.5. The molecule has 5 heteroatoms. The minimum atomic E-state index is -0.867. The van der Waals surface area contributed by atoms with Gasteiger partial charge < -0.3 is 14.9 Å². The fourth-order valence-corrected chi connectivity index (χ4v) is 5.12. The highest BCUT2D eigenvalue weighted by Gasteiger charge is 2.53. The summed E-state index contributed by atoms with van der Waals surface area (Å²) in [6.45, 7) is 11.3. The molecular weight excluding hydrogens is 416 g/mol. The van der Waals surface area contributed by atoms with Crippen molar-refractivity contribution in [3.63, 3.8) is 0 Å². The maximum atomic E-state index is 13.1. The molecule has 0 unspecified atom stereocenters. The third kappa shape index (κ3) is 6.69. The van der Waals surface area contributed by atoms with Gasteiger partial charge in [-0.15, -0.1) is 0 Å². The summed E-state index contributed by atoms with van der Waals surface area (Å²) in [5.74, 6) is 1.25. The second-order valence-corrected chi connectivity index (χ2v) is 11.1. The molecule has 2 atom stereocenters. The first-order valence-corrected chi connectivity index (χ1v) is 12.0. The molecule has 184 valence electrons. The highest BCUT2D eigenvalue weighted by atomic mass is 16.5. The lowest BCUT2D eigenvalue weighted by Crippen LogP contribution is -2.41. The van der Waals surface area contributed by atoms with Crippen molar-refractivity contribution in [1.82, 2.24) is 0 Å². The van der Waals surface area contributed by atoms with Crippen LogP contribution in [-0.4, -0.2) is 34.5 Å². The third-order valence-electron chi connectivity index (χ3n) is 7.64. The molecule has 0 aromatic heterocycles. The lowest BCUT2D eigenvalue weighted by molar-refractivity contribution is -0.136. The van der Waals surface area contributed by atoms with Gasteiger partial charge >= 0.3 is 0 Å². The molecule has 33 heavy (non-hydrogen) atoms. The SMILES string of the molecule is COc1cc(C)c(O)c(C/C=C(\C)CC(=O)C[C@@]2(C)CCC[C@@]2(C)C(=O)CCC(C)(C)O)c1. The van der Waals surface area contributed by atoms with E-state index in [-0.39, 0.29) is 22.7 Å². The summed E-state index contributed by atoms with van der Waals surface area (Å²) >= 11 is 0. The Morgan fingerprint density at radius 3 is 2.48 bits per heavy atom. The van der Waals surface area contributed by atoms with E-state index in [1.807, 2.05) is 32.9 Å². The van der Waals surface area contributed by atoms with Crippen LogP contribution in [0.2, 0.25) is 0 Å². The molecular formula is C28H42O5. The van der Waals surface area contributed by atoms with Gasteiger partial charge in [0.15, 0.2) is 0 Å². The summed E-state index contributed by atoms with van der Waals surface area (Å²) in [5, 5.41) is 20.4. The lowest BCUT2D eigenvalue weighted by atomic mass is 9.62. The van der Waals surface area contributed by atoms with Crippen LogP contribution < -0.4 is 4.74 Å². The maximum absolute atomic E-state index is 13.1. The standard InChI is InChI=1S/C28H42O5/c1-19(9-10-21-17-23(33-7)16-20(2)25(21)31)15-22(29)18-27(5)12-8-13-28(27,6)24(30)11-14-26(3,4)32/h9,16-17,31-32H,8,10-15,18H2,1-7H3/b19-9+/t27-,28+/m1/s1. The molecule has 2 rings (SSSR count). The van der Waals surface area contributed by atoms with E-state index in [2.05, 4.69) is 6.92 Å². The second-order valence-electron chi connectivity index (χ2n) is 11.1. The van der Waals surface area contributed by atoms with Gasteiger partial charge in [0.05, 0.1) is 12.7 Å². The first-order valence-electron chi connectivity index (χ1n) is 12.0. The van der Waals surface area contributed by atoms with E-state index in [9.17, 15) is 19.8 Å². The van der Waals surface area contributed by atoms with Gasteiger partial charge in [-0.25, -0.2) is 0 Å². The fraction of sp³-hybridized carbons (Fsp3) is 0.643. The molecule has 5 nitrogen and oxygen atoms in total. The van der Waals surface area contributed by atoms with Crippen LogP contribution in [0, 0.1) is 17.8 Å². The number of allylic oxidation sites excluding steroid dienone is 2. The highest BCUT2D eigenvalue weighted by Crippen LogP contribution is 2.56. The Kier molecular flexibility index (Phi) is 8.56. The molecule has 0 saturated heterocycles. The van der Waals surface area contributed by atoms with Crippen molar-refractivity contribution >= 4 is 11.6 Å². The van der Waals surface area contributed by atoms with Gasteiger partial charge in [-0.3, -0.25) is 9.59 Å². The minimum Gasteiger partial charge on any atom is -0.507 e. The summed E-state index contributed by atoms with van der Waals surface area (Å²) in [7, 11) is 1.60. The number of hydrogen-bond acceptors (Lipinski definition) is 5. The van der Waals surface area contributed by atoms with Gasteiger partial charge in [-0.2, -0.15) is 0 Å². The zero-order valence-corrected chi connectivity index (χ0v) is 21.5. The molecule has 1 saturated carbocycles. The van der Waals surface area contributed by atoms with Gasteiger partial charge in [0.2, 0.25) is 0 Å². The van der Waals surface area contributed by atoms with E-state index < -0.39 is 11.0 Å². The van der Waals surface area contributed by atoms with Crippen LogP contribution in [0.15, 0.2) is 23.8 Å². The predicted octanol–water partition coefficient (Wildman–Crippen LogP) is 5.86. The Hall–Kier alpha value is -2.14. The Morgan fingerprint density at radius 1 is 1.21 bits per heavy atom. The van der Waals surface area contributed by atoms with Crippen molar-refractivity contribution in [3.8, 4) is 11.5 Å². The molecule has 0 radical (unpaired) electrons. The van der Waals surface area contributed by atoms with Crippen molar-refractivity contribution in [3.05, 3.63) is 34.9 Å². The van der Waals surface area contributed by atoms with Crippen LogP contribution >= 0.6 is 0 Å². The molecule has 1 fully saturated rings. The number of Topliss-reactive ketones (excluding diaryl/α,β-unsaturated/α-hetero) is 2.